The van der Waals surface area contributed by atoms with Gasteiger partial charge in [-0.15, -0.1) is 0 Å². The fourth-order valence-corrected chi connectivity index (χ4v) is 4.39. The summed E-state index contributed by atoms with van der Waals surface area (Å²) in [5.74, 6) is -14.7. The van der Waals surface area contributed by atoms with E-state index in [1.165, 1.54) is 0 Å². The zero-order valence-corrected chi connectivity index (χ0v) is 25.2. The molecule has 3 rings (SSSR count). The molecule has 0 amide bonds. The summed E-state index contributed by atoms with van der Waals surface area (Å²) in [4.78, 5) is 65.4. The number of benzene rings is 3. The highest BCUT2D eigenvalue weighted by Crippen LogP contribution is 2.37. The van der Waals surface area contributed by atoms with Gasteiger partial charge >= 0.3 is 23.5 Å². The monoisotopic (exact) mass is 696 g/mol. The van der Waals surface area contributed by atoms with Crippen molar-refractivity contribution in [2.24, 2.45) is 0 Å². The molecular weight excluding hydrogens is 668 g/mol. The minimum Gasteiger partial charge on any atom is -0.504 e. The maximum atomic E-state index is 13.8. The van der Waals surface area contributed by atoms with E-state index in [1.54, 1.807) is 0 Å². The van der Waals surface area contributed by atoms with Crippen LogP contribution in [0.4, 0.5) is 0 Å². The third-order valence-electron chi connectivity index (χ3n) is 7.06. The number of hydrogen-bond acceptors (Lipinski definition) is 15. The summed E-state index contributed by atoms with van der Waals surface area (Å²) >= 11 is 0. The maximum Gasteiger partial charge on any atom is 0.360 e. The number of ether oxygens (including phenoxy) is 1. The first-order valence-corrected chi connectivity index (χ1v) is 13.8. The van der Waals surface area contributed by atoms with E-state index < -0.39 is 87.4 Å². The van der Waals surface area contributed by atoms with Gasteiger partial charge < -0.3 is 60.9 Å². The van der Waals surface area contributed by atoms with Gasteiger partial charge in [0.2, 0.25) is 11.4 Å². The average molecular weight is 697 g/mol. The molecule has 262 valence electrons. The first-order chi connectivity index (χ1) is 23.3. The molecule has 0 aliphatic carbocycles. The van der Waals surface area contributed by atoms with E-state index >= 15 is 0 Å². The second-order valence-corrected chi connectivity index (χ2v) is 10.4. The van der Waals surface area contributed by atoms with Crippen LogP contribution < -0.4 is 0 Å². The maximum absolute atomic E-state index is 13.8. The smallest absolute Gasteiger partial charge is 0.360 e. The summed E-state index contributed by atoms with van der Waals surface area (Å²) in [6.07, 6.45) is -3.28. The standard InChI is InChI=1S/C33H28O17/c34-19-7-1-16(13-22(19)37)4-10-25(40)32(49,29(44)28(43)30(45)46)33(31(47)48,26(41)11-5-17-2-8-20(35)23(38)14-17)50-27(42)12-6-18-3-9-21(36)24(39)15-18/h1-15,28-29,34-39,43-44,49H,(H,45,46)(H,47,48)/t28-,29+,32-,33-/m0/s1. The van der Waals surface area contributed by atoms with Crippen molar-refractivity contribution in [1.29, 1.82) is 0 Å². The van der Waals surface area contributed by atoms with Crippen molar-refractivity contribution < 1.29 is 84.9 Å². The summed E-state index contributed by atoms with van der Waals surface area (Å²) in [5.41, 5.74) is -8.98. The topological polar surface area (TPSA) is 317 Å². The molecular formula is C33H28O17. The van der Waals surface area contributed by atoms with Crippen LogP contribution in [0.3, 0.4) is 0 Å². The summed E-state index contributed by atoms with van der Waals surface area (Å²) in [6.45, 7) is 0. The van der Waals surface area contributed by atoms with Crippen molar-refractivity contribution in [2.45, 2.75) is 23.4 Å². The zero-order valence-electron chi connectivity index (χ0n) is 25.2. The number of carbonyl (C=O) groups is 5. The molecule has 3 aromatic carbocycles. The SMILES string of the molecule is O=C(C=Cc1ccc(O)c(O)c1)O[C@](C(=O)O)(C(=O)C=Cc1ccc(O)c(O)c1)[C@](O)(C(=O)C=Cc1ccc(O)c(O)c1)[C@H](O)[C@H](O)C(=O)O. The summed E-state index contributed by atoms with van der Waals surface area (Å²) in [5, 5.41) is 111. The lowest BCUT2D eigenvalue weighted by Crippen LogP contribution is -2.75. The van der Waals surface area contributed by atoms with E-state index in [0.717, 1.165) is 72.8 Å². The van der Waals surface area contributed by atoms with E-state index in [1.807, 2.05) is 0 Å². The number of hydrogen-bond donors (Lipinski definition) is 11. The van der Waals surface area contributed by atoms with Gasteiger partial charge in [-0.2, -0.15) is 0 Å². The van der Waals surface area contributed by atoms with Crippen molar-refractivity contribution in [2.75, 3.05) is 0 Å². The predicted molar refractivity (Wildman–Crippen MR) is 167 cm³/mol. The quantitative estimate of drug-likeness (QED) is 0.0470. The van der Waals surface area contributed by atoms with Gasteiger partial charge in [0.1, 0.15) is 6.10 Å². The van der Waals surface area contributed by atoms with Gasteiger partial charge in [0.15, 0.2) is 46.4 Å². The third-order valence-corrected chi connectivity index (χ3v) is 7.06. The molecule has 0 saturated carbocycles. The Balaban J connectivity index is 2.29. The highest BCUT2D eigenvalue weighted by atomic mass is 16.6. The Bertz CT molecular complexity index is 1930. The van der Waals surface area contributed by atoms with Gasteiger partial charge in [-0.25, -0.2) is 14.4 Å². The Morgan fingerprint density at radius 2 is 0.960 bits per heavy atom. The van der Waals surface area contributed by atoms with Gasteiger partial charge in [0, 0.05) is 6.08 Å². The average Bonchev–Trinajstić information content (AvgIpc) is 3.07. The Labute approximate surface area is 280 Å². The van der Waals surface area contributed by atoms with Crippen molar-refractivity contribution in [3.05, 3.63) is 89.5 Å². The first-order valence-electron chi connectivity index (χ1n) is 13.8. The first kappa shape index (κ1) is 37.8. The van der Waals surface area contributed by atoms with E-state index in [9.17, 15) is 80.1 Å². The summed E-state index contributed by atoms with van der Waals surface area (Å²) < 4.78 is 4.92. The fraction of sp³-hybridized carbons (Fsp3) is 0.121. The number of phenols is 6. The lowest BCUT2D eigenvalue weighted by molar-refractivity contribution is -0.230. The van der Waals surface area contributed by atoms with Crippen molar-refractivity contribution >= 4 is 47.7 Å². The number of aliphatic carboxylic acids is 2. The van der Waals surface area contributed by atoms with Crippen LogP contribution in [0.2, 0.25) is 0 Å². The molecule has 11 N–H and O–H groups in total. The molecule has 0 unspecified atom stereocenters. The third kappa shape index (κ3) is 7.71. The predicted octanol–water partition coefficient (Wildman–Crippen LogP) is 0.402. The largest absolute Gasteiger partial charge is 0.504 e. The zero-order chi connectivity index (χ0) is 37.6. The van der Waals surface area contributed by atoms with Crippen LogP contribution >= 0.6 is 0 Å². The number of ketones is 2. The Morgan fingerprint density at radius 3 is 1.32 bits per heavy atom. The molecule has 4 atom stereocenters. The van der Waals surface area contributed by atoms with E-state index in [2.05, 4.69) is 0 Å². The molecule has 0 heterocycles. The number of carboxylic acids is 2. The summed E-state index contributed by atoms with van der Waals surface area (Å²) in [6, 6.07) is 8.93. The minimum absolute atomic E-state index is 0.0238. The van der Waals surface area contributed by atoms with Crippen LogP contribution in [0.1, 0.15) is 16.7 Å². The number of rotatable bonds is 14. The Kier molecular flexibility index (Phi) is 11.4. The van der Waals surface area contributed by atoms with Gasteiger partial charge in [0.25, 0.3) is 0 Å². The molecule has 0 aliphatic heterocycles. The Morgan fingerprint density at radius 1 is 0.580 bits per heavy atom. The molecule has 0 spiro atoms. The van der Waals surface area contributed by atoms with Crippen LogP contribution in [-0.2, 0) is 28.7 Å². The molecule has 17 heteroatoms. The van der Waals surface area contributed by atoms with Gasteiger partial charge in [0.05, 0.1) is 0 Å². The number of aliphatic hydroxyl groups is 3. The summed E-state index contributed by atoms with van der Waals surface area (Å²) in [7, 11) is 0. The molecule has 0 aromatic heterocycles. The highest BCUT2D eigenvalue weighted by Gasteiger charge is 2.72. The van der Waals surface area contributed by atoms with Crippen LogP contribution in [-0.4, -0.2) is 109 Å². The lowest BCUT2D eigenvalue weighted by Gasteiger charge is -2.42. The van der Waals surface area contributed by atoms with Crippen molar-refractivity contribution in [3.63, 3.8) is 0 Å². The second kappa shape index (κ2) is 15.0. The molecule has 0 saturated heterocycles. The molecule has 3 aromatic rings. The van der Waals surface area contributed by atoms with Gasteiger partial charge in [-0.1, -0.05) is 30.4 Å². The molecule has 0 radical (unpaired) electrons. The van der Waals surface area contributed by atoms with Crippen molar-refractivity contribution in [3.8, 4) is 34.5 Å². The molecule has 17 nitrogen and oxygen atoms in total. The van der Waals surface area contributed by atoms with Gasteiger partial charge in [-0.05, 0) is 71.3 Å². The number of aliphatic hydroxyl groups excluding tert-OH is 2. The molecule has 0 fully saturated rings. The minimum atomic E-state index is -4.38. The Hall–Kier alpha value is -6.69. The number of esters is 1. The van der Waals surface area contributed by atoms with Gasteiger partial charge in [-0.3, -0.25) is 9.59 Å². The fourth-order valence-electron chi connectivity index (χ4n) is 4.39. The number of carbonyl (C=O) groups excluding carboxylic acids is 3. The molecule has 0 aliphatic rings. The van der Waals surface area contributed by atoms with Crippen LogP contribution in [0.5, 0.6) is 34.5 Å². The second-order valence-electron chi connectivity index (χ2n) is 10.4. The number of aromatic hydroxyl groups is 6. The highest BCUT2D eigenvalue weighted by molar-refractivity contribution is 6.21. The normalized spacial score (nSPS) is 15.3. The molecule has 0 bridgehead atoms. The van der Waals surface area contributed by atoms with Crippen LogP contribution in [0.15, 0.2) is 72.8 Å². The lowest BCUT2D eigenvalue weighted by atomic mass is 9.70. The van der Waals surface area contributed by atoms with E-state index in [4.69, 9.17) is 4.74 Å². The van der Waals surface area contributed by atoms with E-state index in [-0.39, 0.29) is 16.7 Å². The van der Waals surface area contributed by atoms with Crippen LogP contribution in [0.25, 0.3) is 18.2 Å². The van der Waals surface area contributed by atoms with Crippen LogP contribution in [0, 0.1) is 0 Å². The van der Waals surface area contributed by atoms with E-state index in [0.29, 0.717) is 18.2 Å². The van der Waals surface area contributed by atoms with Crippen molar-refractivity contribution in [1.82, 2.24) is 0 Å². The molecule has 50 heavy (non-hydrogen) atoms. The number of carboxylic acid groups (broad SMARTS) is 2. The number of phenolic OH excluding ortho intramolecular Hbond substituents is 6.